The summed E-state index contributed by atoms with van der Waals surface area (Å²) in [6, 6.07) is 4.76. The number of aromatic nitrogens is 2. The number of rotatable bonds is 8. The van der Waals surface area contributed by atoms with Crippen molar-refractivity contribution in [3.63, 3.8) is 0 Å². The topological polar surface area (TPSA) is 17.8 Å². The number of benzene rings is 1. The van der Waals surface area contributed by atoms with E-state index < -0.39 is 0 Å². The minimum absolute atomic E-state index is 0.248. The SMILES string of the molecule is CC(C)CCCCCCn1c(CCl)nc2cc(F)ccc21. The second-order valence-corrected chi connectivity index (χ2v) is 6.31. The molecule has 0 aliphatic rings. The summed E-state index contributed by atoms with van der Waals surface area (Å²) in [5, 5.41) is 0. The highest BCUT2D eigenvalue weighted by Crippen LogP contribution is 2.20. The molecule has 4 heteroatoms. The molecular weight excluding hydrogens is 287 g/mol. The summed E-state index contributed by atoms with van der Waals surface area (Å²) in [7, 11) is 0. The van der Waals surface area contributed by atoms with Gasteiger partial charge in [-0.15, -0.1) is 11.6 Å². The zero-order chi connectivity index (χ0) is 15.2. The fraction of sp³-hybridized carbons (Fsp3) is 0.588. The highest BCUT2D eigenvalue weighted by molar-refractivity contribution is 6.16. The van der Waals surface area contributed by atoms with Crippen molar-refractivity contribution >= 4 is 22.6 Å². The summed E-state index contributed by atoms with van der Waals surface area (Å²) >= 11 is 5.96. The molecule has 2 aromatic rings. The van der Waals surface area contributed by atoms with Crippen molar-refractivity contribution in [1.82, 2.24) is 9.55 Å². The first-order chi connectivity index (χ1) is 10.1. The zero-order valence-electron chi connectivity index (χ0n) is 12.9. The molecule has 1 aromatic carbocycles. The van der Waals surface area contributed by atoms with E-state index in [1.807, 2.05) is 0 Å². The third kappa shape index (κ3) is 4.44. The Morgan fingerprint density at radius 2 is 1.95 bits per heavy atom. The molecule has 0 fully saturated rings. The summed E-state index contributed by atoms with van der Waals surface area (Å²) in [5.74, 6) is 1.74. The van der Waals surface area contributed by atoms with Crippen LogP contribution in [0.2, 0.25) is 0 Å². The van der Waals surface area contributed by atoms with Crippen LogP contribution < -0.4 is 0 Å². The molecular formula is C17H24ClFN2. The van der Waals surface area contributed by atoms with Gasteiger partial charge in [0.05, 0.1) is 16.9 Å². The molecule has 2 nitrogen and oxygen atoms in total. The highest BCUT2D eigenvalue weighted by Gasteiger charge is 2.10. The quantitative estimate of drug-likeness (QED) is 0.463. The number of aryl methyl sites for hydroxylation is 1. The van der Waals surface area contributed by atoms with Gasteiger partial charge in [0.15, 0.2) is 0 Å². The van der Waals surface area contributed by atoms with Crippen molar-refractivity contribution in [1.29, 1.82) is 0 Å². The van der Waals surface area contributed by atoms with Gasteiger partial charge < -0.3 is 4.57 Å². The van der Waals surface area contributed by atoms with E-state index in [1.54, 1.807) is 6.07 Å². The predicted molar refractivity (Wildman–Crippen MR) is 87.2 cm³/mol. The normalized spacial score (nSPS) is 11.7. The van der Waals surface area contributed by atoms with E-state index in [4.69, 9.17) is 11.6 Å². The third-order valence-electron chi connectivity index (χ3n) is 3.82. The summed E-state index contributed by atoms with van der Waals surface area (Å²) in [6.07, 6.45) is 6.21. The molecule has 21 heavy (non-hydrogen) atoms. The van der Waals surface area contributed by atoms with Crippen LogP contribution in [0.3, 0.4) is 0 Å². The number of nitrogens with zero attached hydrogens (tertiary/aromatic N) is 2. The lowest BCUT2D eigenvalue weighted by atomic mass is 10.0. The second kappa shape index (κ2) is 7.79. The molecule has 0 saturated heterocycles. The number of unbranched alkanes of at least 4 members (excludes halogenated alkanes) is 3. The fourth-order valence-corrected chi connectivity index (χ4v) is 2.88. The Labute approximate surface area is 131 Å². The van der Waals surface area contributed by atoms with Crippen molar-refractivity contribution in [3.8, 4) is 0 Å². The molecule has 0 atom stereocenters. The molecule has 116 valence electrons. The average Bonchev–Trinajstić information content (AvgIpc) is 2.79. The summed E-state index contributed by atoms with van der Waals surface area (Å²) in [5.41, 5.74) is 1.68. The standard InChI is InChI=1S/C17H24ClFN2/c1-13(2)7-5-3-4-6-10-21-16-9-8-14(19)11-15(16)20-17(21)12-18/h8-9,11,13H,3-7,10,12H2,1-2H3. The van der Waals surface area contributed by atoms with Crippen LogP contribution in [0.1, 0.15) is 51.8 Å². The van der Waals surface area contributed by atoms with Crippen LogP contribution in [0, 0.1) is 11.7 Å². The van der Waals surface area contributed by atoms with Gasteiger partial charge in [-0.25, -0.2) is 9.37 Å². The molecule has 0 amide bonds. The number of halogens is 2. The molecule has 0 bridgehead atoms. The lowest BCUT2D eigenvalue weighted by Crippen LogP contribution is -2.02. The number of alkyl halides is 1. The molecule has 0 aliphatic heterocycles. The lowest BCUT2D eigenvalue weighted by Gasteiger charge is -2.08. The summed E-state index contributed by atoms with van der Waals surface area (Å²) < 4.78 is 15.4. The number of hydrogen-bond acceptors (Lipinski definition) is 1. The van der Waals surface area contributed by atoms with E-state index in [9.17, 15) is 4.39 Å². The summed E-state index contributed by atoms with van der Waals surface area (Å²) in [4.78, 5) is 4.42. The fourth-order valence-electron chi connectivity index (χ4n) is 2.68. The van der Waals surface area contributed by atoms with Crippen molar-refractivity contribution in [2.75, 3.05) is 0 Å². The van der Waals surface area contributed by atoms with Gasteiger partial charge in [-0.05, 0) is 24.5 Å². The molecule has 0 aliphatic carbocycles. The molecule has 0 saturated carbocycles. The van der Waals surface area contributed by atoms with Crippen molar-refractivity contribution in [3.05, 3.63) is 29.8 Å². The van der Waals surface area contributed by atoms with E-state index in [2.05, 4.69) is 23.4 Å². The highest BCUT2D eigenvalue weighted by atomic mass is 35.5. The van der Waals surface area contributed by atoms with Crippen molar-refractivity contribution < 1.29 is 4.39 Å². The van der Waals surface area contributed by atoms with E-state index >= 15 is 0 Å². The lowest BCUT2D eigenvalue weighted by molar-refractivity contribution is 0.505. The molecule has 0 unspecified atom stereocenters. The van der Waals surface area contributed by atoms with Crippen LogP contribution >= 0.6 is 11.6 Å². The van der Waals surface area contributed by atoms with Crippen molar-refractivity contribution in [2.45, 2.75) is 58.4 Å². The number of fused-ring (bicyclic) bond motifs is 1. The molecule has 1 aromatic heterocycles. The Kier molecular flexibility index (Phi) is 6.04. The molecule has 2 rings (SSSR count). The maximum atomic E-state index is 13.3. The van der Waals surface area contributed by atoms with E-state index in [0.717, 1.165) is 30.2 Å². The minimum Gasteiger partial charge on any atom is -0.327 e. The van der Waals surface area contributed by atoms with Gasteiger partial charge in [-0.3, -0.25) is 0 Å². The van der Waals surface area contributed by atoms with Gasteiger partial charge >= 0.3 is 0 Å². The largest absolute Gasteiger partial charge is 0.327 e. The Hall–Kier alpha value is -1.09. The van der Waals surface area contributed by atoms with Crippen LogP contribution in [0.5, 0.6) is 0 Å². The Bertz CT molecular complexity index is 577. The number of hydrogen-bond donors (Lipinski definition) is 0. The van der Waals surface area contributed by atoms with Crippen LogP contribution in [0.15, 0.2) is 18.2 Å². The van der Waals surface area contributed by atoms with Crippen LogP contribution in [0.4, 0.5) is 4.39 Å². The van der Waals surface area contributed by atoms with Gasteiger partial charge in [0.2, 0.25) is 0 Å². The first-order valence-electron chi connectivity index (χ1n) is 7.82. The Morgan fingerprint density at radius 1 is 1.19 bits per heavy atom. The maximum absolute atomic E-state index is 13.3. The number of imidazole rings is 1. The average molecular weight is 311 g/mol. The third-order valence-corrected chi connectivity index (χ3v) is 4.06. The van der Waals surface area contributed by atoms with Gasteiger partial charge in [0.25, 0.3) is 0 Å². The smallest absolute Gasteiger partial charge is 0.125 e. The Morgan fingerprint density at radius 3 is 2.67 bits per heavy atom. The molecule has 0 spiro atoms. The Balaban J connectivity index is 1.94. The van der Waals surface area contributed by atoms with E-state index in [1.165, 1.54) is 37.8 Å². The van der Waals surface area contributed by atoms with Crippen LogP contribution in [-0.4, -0.2) is 9.55 Å². The molecule has 0 N–H and O–H groups in total. The monoisotopic (exact) mass is 310 g/mol. The van der Waals surface area contributed by atoms with Gasteiger partial charge in [0, 0.05) is 12.6 Å². The van der Waals surface area contributed by atoms with Gasteiger partial charge in [0.1, 0.15) is 11.6 Å². The van der Waals surface area contributed by atoms with Crippen LogP contribution in [-0.2, 0) is 12.4 Å². The zero-order valence-corrected chi connectivity index (χ0v) is 13.7. The molecule has 0 radical (unpaired) electrons. The van der Waals surface area contributed by atoms with E-state index in [-0.39, 0.29) is 5.82 Å². The predicted octanol–water partition coefficient (Wildman–Crippen LogP) is 5.52. The second-order valence-electron chi connectivity index (χ2n) is 6.04. The van der Waals surface area contributed by atoms with Crippen LogP contribution in [0.25, 0.3) is 11.0 Å². The molecule has 1 heterocycles. The maximum Gasteiger partial charge on any atom is 0.125 e. The van der Waals surface area contributed by atoms with Crippen molar-refractivity contribution in [2.24, 2.45) is 5.92 Å². The first kappa shape index (κ1) is 16.3. The van der Waals surface area contributed by atoms with Gasteiger partial charge in [-0.1, -0.05) is 39.5 Å². The van der Waals surface area contributed by atoms with Gasteiger partial charge in [-0.2, -0.15) is 0 Å². The first-order valence-corrected chi connectivity index (χ1v) is 8.36. The minimum atomic E-state index is -0.248. The summed E-state index contributed by atoms with van der Waals surface area (Å²) in [6.45, 7) is 5.44. The van der Waals surface area contributed by atoms with E-state index in [0.29, 0.717) is 11.4 Å².